The Bertz CT molecular complexity index is 317. The molecule has 84 valence electrons. The maximum absolute atomic E-state index is 11.1. The molecule has 0 radical (unpaired) electrons. The molecule has 1 fully saturated rings. The minimum Gasteiger partial charge on any atom is -0.264 e. The van der Waals surface area contributed by atoms with Gasteiger partial charge in [-0.3, -0.25) is 4.18 Å². The summed E-state index contributed by atoms with van der Waals surface area (Å²) in [6.07, 6.45) is 2.87. The predicted octanol–water partition coefficient (Wildman–Crippen LogP) is 2.22. The average Bonchev–Trinajstić information content (AvgIpc) is 2.59. The third-order valence-electron chi connectivity index (χ3n) is 2.99. The Kier molecular flexibility index (Phi) is 2.89. The third-order valence-corrected chi connectivity index (χ3v) is 6.44. The average molecular weight is 236 g/mol. The molecule has 0 aromatic rings. The van der Waals surface area contributed by atoms with Crippen LogP contribution in [0.3, 0.4) is 0 Å². The van der Waals surface area contributed by atoms with E-state index in [0.717, 1.165) is 19.1 Å². The molecular weight excluding hydrogens is 216 g/mol. The maximum Gasteiger partial charge on any atom is 0.264 e. The summed E-state index contributed by atoms with van der Waals surface area (Å²) >= 11 is 0. The van der Waals surface area contributed by atoms with Gasteiger partial charge in [0.2, 0.25) is 0 Å². The highest BCUT2D eigenvalue weighted by Gasteiger charge is 2.61. The van der Waals surface area contributed by atoms with Crippen LogP contribution in [0.25, 0.3) is 0 Å². The highest BCUT2D eigenvalue weighted by Crippen LogP contribution is 2.60. The van der Waals surface area contributed by atoms with Crippen molar-refractivity contribution >= 4 is 18.2 Å². The van der Waals surface area contributed by atoms with Crippen molar-refractivity contribution in [2.24, 2.45) is 0 Å². The molecule has 1 aliphatic rings. The first-order chi connectivity index (χ1) is 6.11. The van der Waals surface area contributed by atoms with Gasteiger partial charge in [-0.05, 0) is 18.4 Å². The van der Waals surface area contributed by atoms with E-state index in [9.17, 15) is 8.42 Å². The standard InChI is InChI=1S/C9H20O3SSi/c1-6-9(12-13(2,10)11)7-8(9)14(3,4)5/h8H,6-7H2,1-5H3. The van der Waals surface area contributed by atoms with E-state index in [2.05, 4.69) is 19.6 Å². The topological polar surface area (TPSA) is 43.4 Å². The molecule has 1 aliphatic carbocycles. The summed E-state index contributed by atoms with van der Waals surface area (Å²) in [4.78, 5) is 0. The molecule has 5 heteroatoms. The lowest BCUT2D eigenvalue weighted by atomic mass is 10.3. The second kappa shape index (κ2) is 3.32. The van der Waals surface area contributed by atoms with Gasteiger partial charge in [-0.15, -0.1) is 0 Å². The van der Waals surface area contributed by atoms with Gasteiger partial charge in [0.1, 0.15) is 0 Å². The summed E-state index contributed by atoms with van der Waals surface area (Å²) < 4.78 is 27.5. The zero-order valence-electron chi connectivity index (χ0n) is 9.62. The lowest BCUT2D eigenvalue weighted by Gasteiger charge is -2.21. The molecule has 1 saturated carbocycles. The Morgan fingerprint density at radius 2 is 1.93 bits per heavy atom. The SMILES string of the molecule is CCC1(OS(C)(=O)=O)CC1[Si](C)(C)C. The highest BCUT2D eigenvalue weighted by atomic mass is 32.2. The molecule has 0 N–H and O–H groups in total. The van der Waals surface area contributed by atoms with Gasteiger partial charge in [0.25, 0.3) is 10.1 Å². The van der Waals surface area contributed by atoms with Crippen LogP contribution in [0.2, 0.25) is 25.2 Å². The molecule has 0 aliphatic heterocycles. The first kappa shape index (κ1) is 12.2. The first-order valence-corrected chi connectivity index (χ1v) is 10.4. The Morgan fingerprint density at radius 3 is 2.14 bits per heavy atom. The van der Waals surface area contributed by atoms with Crippen molar-refractivity contribution < 1.29 is 12.6 Å². The van der Waals surface area contributed by atoms with E-state index in [1.807, 2.05) is 6.92 Å². The Labute approximate surface area is 88.0 Å². The fraction of sp³-hybridized carbons (Fsp3) is 1.00. The molecule has 0 saturated heterocycles. The van der Waals surface area contributed by atoms with Crippen molar-refractivity contribution in [1.82, 2.24) is 0 Å². The van der Waals surface area contributed by atoms with Crippen molar-refractivity contribution in [1.29, 1.82) is 0 Å². The molecule has 0 spiro atoms. The largest absolute Gasteiger partial charge is 0.264 e. The first-order valence-electron chi connectivity index (χ1n) is 5.01. The zero-order chi connectivity index (χ0) is 11.2. The van der Waals surface area contributed by atoms with Crippen LogP contribution in [0.1, 0.15) is 19.8 Å². The third kappa shape index (κ3) is 2.58. The van der Waals surface area contributed by atoms with E-state index in [1.165, 1.54) is 0 Å². The van der Waals surface area contributed by atoms with E-state index < -0.39 is 18.2 Å². The quantitative estimate of drug-likeness (QED) is 0.555. The molecule has 2 atom stereocenters. The van der Waals surface area contributed by atoms with E-state index >= 15 is 0 Å². The van der Waals surface area contributed by atoms with Gasteiger partial charge in [0.15, 0.2) is 0 Å². The van der Waals surface area contributed by atoms with E-state index in [4.69, 9.17) is 4.18 Å². The van der Waals surface area contributed by atoms with E-state index in [1.54, 1.807) is 0 Å². The molecule has 0 heterocycles. The zero-order valence-corrected chi connectivity index (χ0v) is 11.4. The smallest absolute Gasteiger partial charge is 0.264 e. The van der Waals surface area contributed by atoms with Crippen molar-refractivity contribution in [2.75, 3.05) is 6.26 Å². The highest BCUT2D eigenvalue weighted by molar-refractivity contribution is 7.86. The summed E-state index contributed by atoms with van der Waals surface area (Å²) in [5.41, 5.74) is 0.146. The van der Waals surface area contributed by atoms with Gasteiger partial charge >= 0.3 is 0 Å². The van der Waals surface area contributed by atoms with Gasteiger partial charge in [-0.1, -0.05) is 26.6 Å². The molecular formula is C9H20O3SSi. The van der Waals surface area contributed by atoms with Crippen LogP contribution >= 0.6 is 0 Å². The summed E-state index contributed by atoms with van der Waals surface area (Å²) in [5.74, 6) is 0. The van der Waals surface area contributed by atoms with Crippen molar-refractivity contribution in [3.05, 3.63) is 0 Å². The van der Waals surface area contributed by atoms with Gasteiger partial charge < -0.3 is 0 Å². The minimum absolute atomic E-state index is 0.349. The van der Waals surface area contributed by atoms with Crippen LogP contribution in [0.4, 0.5) is 0 Å². The second-order valence-corrected chi connectivity index (χ2v) is 12.3. The van der Waals surface area contributed by atoms with Crippen LogP contribution in [0.5, 0.6) is 0 Å². The van der Waals surface area contributed by atoms with Gasteiger partial charge in [-0.25, -0.2) is 0 Å². The normalized spacial score (nSPS) is 33.1. The van der Waals surface area contributed by atoms with Crippen LogP contribution in [-0.4, -0.2) is 28.3 Å². The number of hydrogen-bond acceptors (Lipinski definition) is 3. The minimum atomic E-state index is -3.30. The molecule has 0 bridgehead atoms. The monoisotopic (exact) mass is 236 g/mol. The van der Waals surface area contributed by atoms with Crippen molar-refractivity contribution in [2.45, 2.75) is 50.5 Å². The van der Waals surface area contributed by atoms with E-state index in [-0.39, 0.29) is 5.60 Å². The Morgan fingerprint density at radius 1 is 1.43 bits per heavy atom. The fourth-order valence-corrected chi connectivity index (χ4v) is 6.01. The van der Waals surface area contributed by atoms with Gasteiger partial charge in [-0.2, -0.15) is 8.42 Å². The van der Waals surface area contributed by atoms with Crippen molar-refractivity contribution in [3.8, 4) is 0 Å². The summed E-state index contributed by atoms with van der Waals surface area (Å²) in [5, 5.41) is 0. The predicted molar refractivity (Wildman–Crippen MR) is 60.7 cm³/mol. The van der Waals surface area contributed by atoms with Crippen LogP contribution in [0.15, 0.2) is 0 Å². The Balaban J connectivity index is 2.76. The fourth-order valence-electron chi connectivity index (χ4n) is 2.23. The van der Waals surface area contributed by atoms with Crippen molar-refractivity contribution in [3.63, 3.8) is 0 Å². The Hall–Kier alpha value is 0.127. The summed E-state index contributed by atoms with van der Waals surface area (Å²) in [6.45, 7) is 8.80. The van der Waals surface area contributed by atoms with Gasteiger partial charge in [0, 0.05) is 0 Å². The molecule has 0 aromatic carbocycles. The molecule has 2 unspecified atom stereocenters. The lowest BCUT2D eigenvalue weighted by molar-refractivity contribution is 0.184. The van der Waals surface area contributed by atoms with Crippen LogP contribution in [-0.2, 0) is 14.3 Å². The van der Waals surface area contributed by atoms with Crippen LogP contribution < -0.4 is 0 Å². The second-order valence-electron chi connectivity index (χ2n) is 5.33. The van der Waals surface area contributed by atoms with Gasteiger partial charge in [0.05, 0.1) is 19.9 Å². The molecule has 0 amide bonds. The number of hydrogen-bond donors (Lipinski definition) is 0. The molecule has 1 rings (SSSR count). The maximum atomic E-state index is 11.1. The molecule has 14 heavy (non-hydrogen) atoms. The summed E-state index contributed by atoms with van der Waals surface area (Å²) in [7, 11) is -4.57. The molecule has 3 nitrogen and oxygen atoms in total. The lowest BCUT2D eigenvalue weighted by Crippen LogP contribution is -2.29. The van der Waals surface area contributed by atoms with Crippen LogP contribution in [0, 0.1) is 0 Å². The van der Waals surface area contributed by atoms with E-state index in [0.29, 0.717) is 5.54 Å². The summed E-state index contributed by atoms with van der Waals surface area (Å²) in [6, 6.07) is 0. The number of rotatable bonds is 4. The molecule has 0 aromatic heterocycles.